The van der Waals surface area contributed by atoms with E-state index in [4.69, 9.17) is 44.3 Å². The Labute approximate surface area is 174 Å². The molecule has 2 aromatic heterocycles. The van der Waals surface area contributed by atoms with Crippen LogP contribution in [0.1, 0.15) is 0 Å². The predicted octanol–water partition coefficient (Wildman–Crippen LogP) is 4.98. The first-order chi connectivity index (χ1) is 12.8. The zero-order valence-corrected chi connectivity index (χ0v) is 17.6. The summed E-state index contributed by atoms with van der Waals surface area (Å²) in [5.41, 5.74) is 0.864. The highest BCUT2D eigenvalue weighted by Crippen LogP contribution is 2.46. The molecule has 10 heteroatoms. The quantitative estimate of drug-likeness (QED) is 0.440. The summed E-state index contributed by atoms with van der Waals surface area (Å²) in [4.78, 5) is 8.65. The molecule has 0 saturated heterocycles. The lowest BCUT2D eigenvalue weighted by Gasteiger charge is -2.16. The van der Waals surface area contributed by atoms with Gasteiger partial charge in [-0.3, -0.25) is 0 Å². The van der Waals surface area contributed by atoms with Crippen LogP contribution in [-0.4, -0.2) is 35.0 Å². The van der Waals surface area contributed by atoms with E-state index in [1.165, 1.54) is 20.5 Å². The molecule has 1 atom stereocenters. The maximum absolute atomic E-state index is 11.7. The number of hydrogen-bond acceptors (Lipinski definition) is 6. The summed E-state index contributed by atoms with van der Waals surface area (Å²) < 4.78 is 25.2. The molecule has 0 aliphatic carbocycles. The molecule has 6 nitrogen and oxygen atoms in total. The lowest BCUT2D eigenvalue weighted by molar-refractivity contribution is 0.395. The minimum absolute atomic E-state index is 0.278. The zero-order valence-electron chi connectivity index (χ0n) is 14.5. The lowest BCUT2D eigenvalue weighted by atomic mass is 10.1. The number of pyridine rings is 2. The van der Waals surface area contributed by atoms with E-state index in [9.17, 15) is 4.55 Å². The van der Waals surface area contributed by atoms with E-state index in [1.807, 2.05) is 0 Å². The summed E-state index contributed by atoms with van der Waals surface area (Å²) in [6.07, 6.45) is 3.09. The van der Waals surface area contributed by atoms with Crippen LogP contribution < -0.4 is 14.2 Å². The molecule has 1 unspecified atom stereocenters. The number of benzene rings is 1. The highest BCUT2D eigenvalue weighted by molar-refractivity contribution is 7.92. The van der Waals surface area contributed by atoms with Gasteiger partial charge >= 0.3 is 0 Å². The SMILES string of the molecule is COc1cc(OC)c(Cl)c(-c2cc3cnc(Cl)cc3c(N[S+](C)[O-])n2)c1Cl. The van der Waals surface area contributed by atoms with Gasteiger partial charge in [0.1, 0.15) is 22.9 Å². The van der Waals surface area contributed by atoms with Crippen molar-refractivity contribution in [3.8, 4) is 22.8 Å². The number of aromatic nitrogens is 2. The molecule has 1 N–H and O–H groups in total. The molecule has 0 saturated carbocycles. The second-order valence-corrected chi connectivity index (χ2v) is 7.68. The highest BCUT2D eigenvalue weighted by atomic mass is 35.5. The Morgan fingerprint density at radius 2 is 1.67 bits per heavy atom. The van der Waals surface area contributed by atoms with Crippen LogP contribution in [0.4, 0.5) is 5.82 Å². The number of nitrogens with zero attached hydrogens (tertiary/aromatic N) is 2. The van der Waals surface area contributed by atoms with E-state index in [1.54, 1.807) is 24.4 Å². The minimum Gasteiger partial charge on any atom is -0.593 e. The molecule has 0 fully saturated rings. The van der Waals surface area contributed by atoms with E-state index < -0.39 is 11.4 Å². The smallest absolute Gasteiger partial charge is 0.178 e. The first-order valence-corrected chi connectivity index (χ1v) is 10.2. The van der Waals surface area contributed by atoms with Gasteiger partial charge in [0.25, 0.3) is 0 Å². The Morgan fingerprint density at radius 1 is 1.04 bits per heavy atom. The van der Waals surface area contributed by atoms with Gasteiger partial charge in [0.05, 0.1) is 41.3 Å². The molecule has 3 aromatic rings. The molecular weight excluding hydrogens is 433 g/mol. The fourth-order valence-corrected chi connectivity index (χ4v) is 3.85. The molecule has 0 aliphatic heterocycles. The maximum atomic E-state index is 11.7. The van der Waals surface area contributed by atoms with E-state index in [2.05, 4.69) is 14.7 Å². The van der Waals surface area contributed by atoms with Crippen molar-refractivity contribution in [3.05, 3.63) is 39.6 Å². The van der Waals surface area contributed by atoms with E-state index in [-0.39, 0.29) is 10.0 Å². The summed E-state index contributed by atoms with van der Waals surface area (Å²) in [5.74, 6) is 1.14. The van der Waals surface area contributed by atoms with E-state index >= 15 is 0 Å². The molecule has 0 aliphatic rings. The van der Waals surface area contributed by atoms with Crippen molar-refractivity contribution >= 4 is 62.8 Å². The van der Waals surface area contributed by atoms with Crippen molar-refractivity contribution in [3.63, 3.8) is 0 Å². The van der Waals surface area contributed by atoms with Gasteiger partial charge < -0.3 is 14.0 Å². The number of nitrogens with one attached hydrogen (secondary N) is 1. The molecule has 3 rings (SSSR count). The third-order valence-corrected chi connectivity index (χ3v) is 5.19. The van der Waals surface area contributed by atoms with Crippen LogP contribution in [0.3, 0.4) is 0 Å². The van der Waals surface area contributed by atoms with Gasteiger partial charge in [-0.25, -0.2) is 9.97 Å². The molecule has 0 amide bonds. The third-order valence-electron chi connectivity index (χ3n) is 3.75. The Balaban J connectivity index is 2.34. The standard InChI is InChI=1S/C17H14Cl3N3O3S/c1-25-11-6-12(26-2)16(20)14(15(11)19)10-4-8-7-21-13(18)5-9(8)17(22-10)23-27(3)24/h4-7H,1-3H3,(H,22,23). The topological polar surface area (TPSA) is 79.3 Å². The van der Waals surface area contributed by atoms with Crippen molar-refractivity contribution in [1.82, 2.24) is 9.97 Å². The van der Waals surface area contributed by atoms with Gasteiger partial charge in [0.15, 0.2) is 5.82 Å². The van der Waals surface area contributed by atoms with Crippen LogP contribution in [-0.2, 0) is 11.4 Å². The molecule has 0 bridgehead atoms. The highest BCUT2D eigenvalue weighted by Gasteiger charge is 2.21. The number of fused-ring (bicyclic) bond motifs is 1. The fourth-order valence-electron chi connectivity index (χ4n) is 2.57. The van der Waals surface area contributed by atoms with Crippen molar-refractivity contribution in [2.24, 2.45) is 0 Å². The zero-order chi connectivity index (χ0) is 19.7. The normalized spacial score (nSPS) is 12.1. The Bertz CT molecular complexity index is 990. The number of methoxy groups -OCH3 is 2. The largest absolute Gasteiger partial charge is 0.593 e. The Morgan fingerprint density at radius 3 is 2.22 bits per heavy atom. The third kappa shape index (κ3) is 3.97. The van der Waals surface area contributed by atoms with Gasteiger partial charge in [-0.1, -0.05) is 34.8 Å². The maximum Gasteiger partial charge on any atom is 0.178 e. The molecule has 1 aromatic carbocycles. The number of rotatable bonds is 5. The van der Waals surface area contributed by atoms with Gasteiger partial charge in [0, 0.05) is 28.6 Å². The number of anilines is 1. The van der Waals surface area contributed by atoms with E-state index in [0.717, 1.165) is 0 Å². The predicted molar refractivity (Wildman–Crippen MR) is 111 cm³/mol. The van der Waals surface area contributed by atoms with Crippen LogP contribution in [0.5, 0.6) is 11.5 Å². The second kappa shape index (κ2) is 8.16. The van der Waals surface area contributed by atoms with Crippen LogP contribution >= 0.6 is 34.8 Å². The second-order valence-electron chi connectivity index (χ2n) is 5.42. The summed E-state index contributed by atoms with van der Waals surface area (Å²) in [7, 11) is 2.98. The average molecular weight is 447 g/mol. The van der Waals surface area contributed by atoms with Crippen molar-refractivity contribution in [2.45, 2.75) is 0 Å². The summed E-state index contributed by atoms with van der Waals surface area (Å²) in [5, 5.41) is 2.23. The van der Waals surface area contributed by atoms with Gasteiger partial charge in [-0.15, -0.1) is 0 Å². The summed E-state index contributed by atoms with van der Waals surface area (Å²) in [6.45, 7) is 0. The Kier molecular flexibility index (Phi) is 6.08. The number of hydrogen-bond donors (Lipinski definition) is 1. The first kappa shape index (κ1) is 20.1. The number of halogens is 3. The van der Waals surface area contributed by atoms with Crippen LogP contribution in [0.2, 0.25) is 15.2 Å². The van der Waals surface area contributed by atoms with Crippen molar-refractivity contribution < 1.29 is 14.0 Å². The fraction of sp³-hybridized carbons (Fsp3) is 0.176. The minimum atomic E-state index is -1.36. The summed E-state index contributed by atoms with van der Waals surface area (Å²) >= 11 is 17.6. The molecule has 0 spiro atoms. The average Bonchev–Trinajstić information content (AvgIpc) is 2.62. The molecule has 2 heterocycles. The molecule has 27 heavy (non-hydrogen) atoms. The number of ether oxygens (including phenoxy) is 2. The molecule has 0 radical (unpaired) electrons. The van der Waals surface area contributed by atoms with Crippen LogP contribution in [0.25, 0.3) is 22.0 Å². The van der Waals surface area contributed by atoms with Gasteiger partial charge in [-0.05, 0) is 12.1 Å². The van der Waals surface area contributed by atoms with E-state index in [0.29, 0.717) is 44.5 Å². The first-order valence-electron chi connectivity index (χ1n) is 7.52. The molecule has 142 valence electrons. The van der Waals surface area contributed by atoms with Gasteiger partial charge in [-0.2, -0.15) is 4.72 Å². The Hall–Kier alpha value is -1.64. The lowest BCUT2D eigenvalue weighted by Crippen LogP contribution is -2.11. The monoisotopic (exact) mass is 445 g/mol. The van der Waals surface area contributed by atoms with Crippen LogP contribution in [0, 0.1) is 0 Å². The van der Waals surface area contributed by atoms with Crippen molar-refractivity contribution in [1.29, 1.82) is 0 Å². The van der Waals surface area contributed by atoms with Crippen LogP contribution in [0.15, 0.2) is 24.4 Å². The van der Waals surface area contributed by atoms with Crippen molar-refractivity contribution in [2.75, 3.05) is 25.2 Å². The molecular formula is C17H14Cl3N3O3S. The van der Waals surface area contributed by atoms with Gasteiger partial charge in [0.2, 0.25) is 0 Å². The summed E-state index contributed by atoms with van der Waals surface area (Å²) in [6, 6.07) is 4.99.